The Hall–Kier alpha value is -4.05. The number of nitrogens with one attached hydrogen (secondary N) is 1. The molecule has 3 aromatic rings. The van der Waals surface area contributed by atoms with Crippen molar-refractivity contribution in [3.8, 4) is 11.5 Å². The number of sulfonamides is 1. The van der Waals surface area contributed by atoms with Gasteiger partial charge >= 0.3 is 5.97 Å². The quantitative estimate of drug-likeness (QED) is 0.449. The summed E-state index contributed by atoms with van der Waals surface area (Å²) in [4.78, 5) is 24.7. The molecule has 0 radical (unpaired) electrons. The SMILES string of the molecule is COc1ccc(NC(=O)COC(=O)c2cccc(S(=O)(=O)N(C)c3ccc(C)cc3)c2)cc1OC. The first-order valence-corrected chi connectivity index (χ1v) is 11.9. The van der Waals surface area contributed by atoms with Crippen LogP contribution >= 0.6 is 0 Å². The summed E-state index contributed by atoms with van der Waals surface area (Å²) >= 11 is 0. The molecule has 0 saturated heterocycles. The molecule has 0 aliphatic heterocycles. The molecule has 0 heterocycles. The summed E-state index contributed by atoms with van der Waals surface area (Å²) in [6.45, 7) is 1.34. The average Bonchev–Trinajstić information content (AvgIpc) is 2.87. The number of aryl methyl sites for hydroxylation is 1. The summed E-state index contributed by atoms with van der Waals surface area (Å²) in [6.07, 6.45) is 0. The second-order valence-corrected chi connectivity index (χ2v) is 9.50. The molecule has 0 unspecified atom stereocenters. The monoisotopic (exact) mass is 498 g/mol. The molecular weight excluding hydrogens is 472 g/mol. The fourth-order valence-electron chi connectivity index (χ4n) is 3.16. The normalized spacial score (nSPS) is 10.9. The highest BCUT2D eigenvalue weighted by Crippen LogP contribution is 2.29. The van der Waals surface area contributed by atoms with Crippen LogP contribution in [0.4, 0.5) is 11.4 Å². The van der Waals surface area contributed by atoms with Crippen LogP contribution in [0.3, 0.4) is 0 Å². The smallest absolute Gasteiger partial charge is 0.338 e. The zero-order valence-electron chi connectivity index (χ0n) is 19.8. The van der Waals surface area contributed by atoms with Gasteiger partial charge in [-0.1, -0.05) is 23.8 Å². The predicted molar refractivity (Wildman–Crippen MR) is 132 cm³/mol. The van der Waals surface area contributed by atoms with Crippen LogP contribution in [0.25, 0.3) is 0 Å². The van der Waals surface area contributed by atoms with Crippen LogP contribution in [-0.2, 0) is 19.6 Å². The number of benzene rings is 3. The van der Waals surface area contributed by atoms with E-state index in [-0.39, 0.29) is 10.5 Å². The van der Waals surface area contributed by atoms with E-state index >= 15 is 0 Å². The van der Waals surface area contributed by atoms with Gasteiger partial charge in [0, 0.05) is 18.8 Å². The molecule has 184 valence electrons. The van der Waals surface area contributed by atoms with Gasteiger partial charge in [-0.25, -0.2) is 13.2 Å². The minimum Gasteiger partial charge on any atom is -0.493 e. The highest BCUT2D eigenvalue weighted by molar-refractivity contribution is 7.92. The molecule has 10 heteroatoms. The Balaban J connectivity index is 1.66. The summed E-state index contributed by atoms with van der Waals surface area (Å²) in [6, 6.07) is 17.3. The molecule has 0 aliphatic rings. The van der Waals surface area contributed by atoms with Crippen LogP contribution < -0.4 is 19.1 Å². The lowest BCUT2D eigenvalue weighted by Gasteiger charge is -2.20. The second kappa shape index (κ2) is 10.9. The van der Waals surface area contributed by atoms with Gasteiger partial charge in [-0.2, -0.15) is 0 Å². The molecule has 9 nitrogen and oxygen atoms in total. The zero-order chi connectivity index (χ0) is 25.6. The summed E-state index contributed by atoms with van der Waals surface area (Å²) < 4.78 is 42.6. The summed E-state index contributed by atoms with van der Waals surface area (Å²) in [7, 11) is 0.480. The highest BCUT2D eigenvalue weighted by atomic mass is 32.2. The van der Waals surface area contributed by atoms with Gasteiger partial charge in [0.15, 0.2) is 18.1 Å². The third kappa shape index (κ3) is 6.10. The molecule has 1 N–H and O–H groups in total. The molecule has 3 rings (SSSR count). The van der Waals surface area contributed by atoms with Crippen LogP contribution in [0, 0.1) is 6.92 Å². The number of ether oxygens (including phenoxy) is 3. The lowest BCUT2D eigenvalue weighted by Crippen LogP contribution is -2.27. The van der Waals surface area contributed by atoms with Gasteiger partial charge in [0.05, 0.1) is 30.4 Å². The molecule has 0 bridgehead atoms. The number of carbonyl (C=O) groups is 2. The third-order valence-electron chi connectivity index (χ3n) is 5.13. The molecule has 0 fully saturated rings. The van der Waals surface area contributed by atoms with Crippen molar-refractivity contribution in [2.75, 3.05) is 37.5 Å². The van der Waals surface area contributed by atoms with Crippen molar-refractivity contribution in [3.05, 3.63) is 77.9 Å². The van der Waals surface area contributed by atoms with Crippen LogP contribution in [0.2, 0.25) is 0 Å². The van der Waals surface area contributed by atoms with Crippen molar-refractivity contribution in [2.24, 2.45) is 0 Å². The Morgan fingerprint density at radius 1 is 0.914 bits per heavy atom. The molecular formula is C25H26N2O7S. The molecule has 1 amide bonds. The van der Waals surface area contributed by atoms with Gasteiger partial charge in [0.2, 0.25) is 0 Å². The fraction of sp³-hybridized carbons (Fsp3) is 0.200. The van der Waals surface area contributed by atoms with Gasteiger partial charge in [0.25, 0.3) is 15.9 Å². The van der Waals surface area contributed by atoms with E-state index in [1.54, 1.807) is 30.3 Å². The fourth-order valence-corrected chi connectivity index (χ4v) is 4.40. The van der Waals surface area contributed by atoms with E-state index in [1.807, 2.05) is 19.1 Å². The van der Waals surface area contributed by atoms with Gasteiger partial charge in [0.1, 0.15) is 0 Å². The van der Waals surface area contributed by atoms with Crippen LogP contribution in [0.5, 0.6) is 11.5 Å². The maximum absolute atomic E-state index is 13.1. The van der Waals surface area contributed by atoms with E-state index < -0.39 is 28.5 Å². The average molecular weight is 499 g/mol. The van der Waals surface area contributed by atoms with E-state index in [1.165, 1.54) is 45.5 Å². The number of rotatable bonds is 9. The van der Waals surface area contributed by atoms with Gasteiger partial charge in [-0.15, -0.1) is 0 Å². The number of carbonyl (C=O) groups excluding carboxylic acids is 2. The van der Waals surface area contributed by atoms with Gasteiger partial charge in [-0.3, -0.25) is 9.10 Å². The molecule has 0 spiro atoms. The summed E-state index contributed by atoms with van der Waals surface area (Å²) in [5.74, 6) is -0.480. The first-order valence-electron chi connectivity index (χ1n) is 10.5. The standard InChI is InChI=1S/C25H26N2O7S/c1-17-8-11-20(12-9-17)27(2)35(30,31)21-7-5-6-18(14-21)25(29)34-16-24(28)26-19-10-13-22(32-3)23(15-19)33-4/h5-15H,16H2,1-4H3,(H,26,28). The second-order valence-electron chi connectivity index (χ2n) is 7.53. The topological polar surface area (TPSA) is 111 Å². The number of nitrogens with zero attached hydrogens (tertiary/aromatic N) is 1. The van der Waals surface area contributed by atoms with E-state index in [0.717, 1.165) is 9.87 Å². The van der Waals surface area contributed by atoms with E-state index in [9.17, 15) is 18.0 Å². The first-order chi connectivity index (χ1) is 16.6. The van der Waals surface area contributed by atoms with Crippen molar-refractivity contribution in [1.82, 2.24) is 0 Å². The number of hydrogen-bond acceptors (Lipinski definition) is 7. The van der Waals surface area contributed by atoms with Crippen molar-refractivity contribution in [1.29, 1.82) is 0 Å². The summed E-state index contributed by atoms with van der Waals surface area (Å²) in [5, 5.41) is 2.59. The summed E-state index contributed by atoms with van der Waals surface area (Å²) in [5.41, 5.74) is 1.91. The van der Waals surface area contributed by atoms with Crippen LogP contribution in [-0.4, -0.2) is 48.2 Å². The number of hydrogen-bond donors (Lipinski definition) is 1. The van der Waals surface area contributed by atoms with Crippen molar-refractivity contribution in [3.63, 3.8) is 0 Å². The Kier molecular flexibility index (Phi) is 7.98. The van der Waals surface area contributed by atoms with E-state index in [2.05, 4.69) is 5.32 Å². The minimum absolute atomic E-state index is 0.00213. The molecule has 0 saturated carbocycles. The number of methoxy groups -OCH3 is 2. The van der Waals surface area contributed by atoms with Crippen molar-refractivity contribution >= 4 is 33.3 Å². The Bertz CT molecular complexity index is 1320. The maximum Gasteiger partial charge on any atom is 0.338 e. The van der Waals surface area contributed by atoms with Crippen LogP contribution in [0.15, 0.2) is 71.6 Å². The Morgan fingerprint density at radius 2 is 1.60 bits per heavy atom. The lowest BCUT2D eigenvalue weighted by molar-refractivity contribution is -0.119. The molecule has 35 heavy (non-hydrogen) atoms. The minimum atomic E-state index is -3.92. The highest BCUT2D eigenvalue weighted by Gasteiger charge is 2.23. The first kappa shape index (κ1) is 25.6. The predicted octanol–water partition coefficient (Wildman–Crippen LogP) is 3.63. The van der Waals surface area contributed by atoms with Gasteiger partial charge < -0.3 is 19.5 Å². The molecule has 0 atom stereocenters. The zero-order valence-corrected chi connectivity index (χ0v) is 20.6. The molecule has 0 aliphatic carbocycles. The largest absolute Gasteiger partial charge is 0.493 e. The number of anilines is 2. The maximum atomic E-state index is 13.1. The third-order valence-corrected chi connectivity index (χ3v) is 6.91. The Labute approximate surface area is 204 Å². The van der Waals surface area contributed by atoms with E-state index in [4.69, 9.17) is 14.2 Å². The van der Waals surface area contributed by atoms with Crippen molar-refractivity contribution < 1.29 is 32.2 Å². The number of amides is 1. The molecule has 3 aromatic carbocycles. The van der Waals surface area contributed by atoms with E-state index in [0.29, 0.717) is 22.9 Å². The van der Waals surface area contributed by atoms with Crippen molar-refractivity contribution in [2.45, 2.75) is 11.8 Å². The Morgan fingerprint density at radius 3 is 2.26 bits per heavy atom. The van der Waals surface area contributed by atoms with Crippen LogP contribution in [0.1, 0.15) is 15.9 Å². The lowest BCUT2D eigenvalue weighted by atomic mass is 10.2. The number of esters is 1. The van der Waals surface area contributed by atoms with Gasteiger partial charge in [-0.05, 0) is 49.4 Å². The molecule has 0 aromatic heterocycles.